The van der Waals surface area contributed by atoms with Crippen LogP contribution in [0.1, 0.15) is 18.5 Å². The molecule has 3 rings (SSSR count). The zero-order valence-electron chi connectivity index (χ0n) is 18.6. The Morgan fingerprint density at radius 2 is 1.45 bits per heavy atom. The van der Waals surface area contributed by atoms with Gasteiger partial charge in [0.25, 0.3) is 15.7 Å². The number of benzene rings is 3. The third-order valence-corrected chi connectivity index (χ3v) is 7.09. The molecular formula is C23H24N2O7S. The van der Waals surface area contributed by atoms with Gasteiger partial charge >= 0.3 is 0 Å². The number of sulfonamides is 1. The highest BCUT2D eigenvalue weighted by molar-refractivity contribution is 7.92. The Hall–Kier alpha value is -3.79. The van der Waals surface area contributed by atoms with E-state index in [1.807, 2.05) is 0 Å². The van der Waals surface area contributed by atoms with E-state index in [-0.39, 0.29) is 10.6 Å². The summed E-state index contributed by atoms with van der Waals surface area (Å²) in [6.07, 6.45) is 0. The van der Waals surface area contributed by atoms with Crippen molar-refractivity contribution in [1.29, 1.82) is 0 Å². The molecule has 0 heterocycles. The summed E-state index contributed by atoms with van der Waals surface area (Å²) in [5.74, 6) is 1.55. The maximum atomic E-state index is 13.7. The fraction of sp³-hybridized carbons (Fsp3) is 0.217. The van der Waals surface area contributed by atoms with Crippen LogP contribution in [0.2, 0.25) is 0 Å². The Labute approximate surface area is 192 Å². The average molecular weight is 473 g/mol. The first-order chi connectivity index (χ1) is 15.7. The molecule has 3 aromatic carbocycles. The molecule has 0 spiro atoms. The first kappa shape index (κ1) is 23.9. The highest BCUT2D eigenvalue weighted by atomic mass is 32.2. The summed E-state index contributed by atoms with van der Waals surface area (Å²) in [6, 6.07) is 15.9. The lowest BCUT2D eigenvalue weighted by molar-refractivity contribution is -0.384. The van der Waals surface area contributed by atoms with Crippen LogP contribution in [0.3, 0.4) is 0 Å². The molecule has 0 aliphatic carbocycles. The second-order valence-corrected chi connectivity index (χ2v) is 8.86. The topological polar surface area (TPSA) is 108 Å². The monoisotopic (exact) mass is 472 g/mol. The quantitative estimate of drug-likeness (QED) is 0.331. The molecule has 0 saturated carbocycles. The van der Waals surface area contributed by atoms with E-state index in [2.05, 4.69) is 0 Å². The summed E-state index contributed by atoms with van der Waals surface area (Å²) >= 11 is 0. The van der Waals surface area contributed by atoms with Gasteiger partial charge in [-0.15, -0.1) is 0 Å². The number of nitro benzene ring substituents is 1. The first-order valence-corrected chi connectivity index (χ1v) is 11.3. The molecular weight excluding hydrogens is 448 g/mol. The van der Waals surface area contributed by atoms with E-state index >= 15 is 0 Å². The summed E-state index contributed by atoms with van der Waals surface area (Å²) in [5.41, 5.74) is 0.864. The van der Waals surface area contributed by atoms with Gasteiger partial charge in [-0.3, -0.25) is 14.4 Å². The van der Waals surface area contributed by atoms with Gasteiger partial charge in [-0.1, -0.05) is 6.07 Å². The maximum Gasteiger partial charge on any atom is 0.269 e. The van der Waals surface area contributed by atoms with Gasteiger partial charge in [-0.05, 0) is 61.0 Å². The molecule has 0 aliphatic heterocycles. The van der Waals surface area contributed by atoms with Crippen LogP contribution < -0.4 is 18.5 Å². The van der Waals surface area contributed by atoms with Crippen molar-refractivity contribution in [2.45, 2.75) is 17.9 Å². The molecule has 0 unspecified atom stereocenters. The average Bonchev–Trinajstić information content (AvgIpc) is 2.83. The van der Waals surface area contributed by atoms with Gasteiger partial charge in [0.2, 0.25) is 0 Å². The molecule has 0 aromatic heterocycles. The van der Waals surface area contributed by atoms with Crippen molar-refractivity contribution >= 4 is 21.4 Å². The number of ether oxygens (including phenoxy) is 3. The number of non-ortho nitro benzene ring substituents is 1. The molecule has 3 aromatic rings. The Morgan fingerprint density at radius 1 is 0.848 bits per heavy atom. The Balaban J connectivity index is 2.14. The molecule has 33 heavy (non-hydrogen) atoms. The molecule has 1 atom stereocenters. The Bertz CT molecular complexity index is 1230. The zero-order chi connectivity index (χ0) is 24.2. The van der Waals surface area contributed by atoms with Gasteiger partial charge in [0, 0.05) is 12.1 Å². The molecule has 0 fully saturated rings. The number of anilines is 1. The predicted octanol–water partition coefficient (Wildman–Crippen LogP) is 4.58. The zero-order valence-corrected chi connectivity index (χ0v) is 19.4. The van der Waals surface area contributed by atoms with Crippen LogP contribution in [0.4, 0.5) is 11.4 Å². The van der Waals surface area contributed by atoms with Crippen molar-refractivity contribution in [2.75, 3.05) is 25.6 Å². The van der Waals surface area contributed by atoms with Gasteiger partial charge in [-0.2, -0.15) is 0 Å². The number of methoxy groups -OCH3 is 3. The lowest BCUT2D eigenvalue weighted by Crippen LogP contribution is -2.33. The molecule has 0 aliphatic rings. The Morgan fingerprint density at radius 3 is 1.97 bits per heavy atom. The van der Waals surface area contributed by atoms with Crippen molar-refractivity contribution in [3.63, 3.8) is 0 Å². The lowest BCUT2D eigenvalue weighted by atomic mass is 10.1. The smallest absolute Gasteiger partial charge is 0.269 e. The standard InChI is InChI=1S/C23H24N2O7S/c1-16(17-5-14-22(31-3)23(15-17)32-4)24(18-6-10-20(30-2)11-7-18)33(28,29)21-12-8-19(9-13-21)25(26)27/h5-16H,1-4H3/t16-/m0/s1. The fourth-order valence-corrected chi connectivity index (χ4v) is 5.05. The van der Waals surface area contributed by atoms with Crippen molar-refractivity contribution < 1.29 is 27.6 Å². The number of hydrogen-bond acceptors (Lipinski definition) is 7. The third kappa shape index (κ3) is 4.85. The van der Waals surface area contributed by atoms with E-state index in [4.69, 9.17) is 14.2 Å². The number of hydrogen-bond donors (Lipinski definition) is 0. The van der Waals surface area contributed by atoms with E-state index < -0.39 is 21.0 Å². The number of rotatable bonds is 9. The van der Waals surface area contributed by atoms with Crippen molar-refractivity contribution in [2.24, 2.45) is 0 Å². The second-order valence-electron chi connectivity index (χ2n) is 7.04. The molecule has 10 heteroatoms. The largest absolute Gasteiger partial charge is 0.497 e. The molecule has 0 bridgehead atoms. The van der Waals surface area contributed by atoms with Gasteiger partial charge in [-0.25, -0.2) is 8.42 Å². The maximum absolute atomic E-state index is 13.7. The molecule has 9 nitrogen and oxygen atoms in total. The first-order valence-electron chi connectivity index (χ1n) is 9.87. The van der Waals surface area contributed by atoms with Crippen LogP contribution in [0.5, 0.6) is 17.2 Å². The van der Waals surface area contributed by atoms with Crippen LogP contribution in [-0.2, 0) is 10.0 Å². The predicted molar refractivity (Wildman–Crippen MR) is 124 cm³/mol. The minimum Gasteiger partial charge on any atom is -0.497 e. The van der Waals surface area contributed by atoms with E-state index in [0.29, 0.717) is 28.5 Å². The minimum absolute atomic E-state index is 0.0729. The molecule has 0 radical (unpaired) electrons. The van der Waals surface area contributed by atoms with E-state index in [1.54, 1.807) is 49.4 Å². The SMILES string of the molecule is COc1ccc(N([C@@H](C)c2ccc(OC)c(OC)c2)S(=O)(=O)c2ccc([N+](=O)[O-])cc2)cc1. The van der Waals surface area contributed by atoms with Crippen LogP contribution in [0, 0.1) is 10.1 Å². The summed E-state index contributed by atoms with van der Waals surface area (Å²) in [5, 5.41) is 11.0. The summed E-state index contributed by atoms with van der Waals surface area (Å²) < 4.78 is 44.6. The van der Waals surface area contributed by atoms with Gasteiger partial charge in [0.15, 0.2) is 11.5 Å². The fourth-order valence-electron chi connectivity index (χ4n) is 3.40. The van der Waals surface area contributed by atoms with E-state index in [1.165, 1.54) is 49.9 Å². The van der Waals surface area contributed by atoms with Crippen LogP contribution in [0.25, 0.3) is 0 Å². The minimum atomic E-state index is -4.10. The van der Waals surface area contributed by atoms with E-state index in [0.717, 1.165) is 0 Å². The molecule has 0 saturated heterocycles. The third-order valence-electron chi connectivity index (χ3n) is 5.17. The van der Waals surface area contributed by atoms with Crippen LogP contribution >= 0.6 is 0 Å². The second kappa shape index (κ2) is 9.78. The van der Waals surface area contributed by atoms with Crippen molar-refractivity contribution in [3.05, 3.63) is 82.4 Å². The highest BCUT2D eigenvalue weighted by Crippen LogP contribution is 2.37. The molecule has 0 amide bonds. The van der Waals surface area contributed by atoms with Gasteiger partial charge in [0.1, 0.15) is 5.75 Å². The highest BCUT2D eigenvalue weighted by Gasteiger charge is 2.31. The number of nitro groups is 1. The molecule has 174 valence electrons. The summed E-state index contributed by atoms with van der Waals surface area (Å²) in [6.45, 7) is 1.74. The molecule has 0 N–H and O–H groups in total. The summed E-state index contributed by atoms with van der Waals surface area (Å²) in [7, 11) is 0.438. The Kier molecular flexibility index (Phi) is 7.07. The lowest BCUT2D eigenvalue weighted by Gasteiger charge is -2.31. The normalized spacial score (nSPS) is 12.0. The van der Waals surface area contributed by atoms with Gasteiger partial charge < -0.3 is 14.2 Å². The van der Waals surface area contributed by atoms with Crippen molar-refractivity contribution in [3.8, 4) is 17.2 Å². The van der Waals surface area contributed by atoms with Crippen LogP contribution in [0.15, 0.2) is 71.6 Å². The van der Waals surface area contributed by atoms with Crippen LogP contribution in [-0.4, -0.2) is 34.7 Å². The van der Waals surface area contributed by atoms with E-state index in [9.17, 15) is 18.5 Å². The summed E-state index contributed by atoms with van der Waals surface area (Å²) in [4.78, 5) is 10.3. The number of nitrogens with zero attached hydrogens (tertiary/aromatic N) is 2. The van der Waals surface area contributed by atoms with Gasteiger partial charge in [0.05, 0.1) is 42.9 Å². The van der Waals surface area contributed by atoms with Crippen molar-refractivity contribution in [1.82, 2.24) is 0 Å².